The fraction of sp³-hybridized carbons (Fsp3) is 0.467. The van der Waals surface area contributed by atoms with E-state index >= 15 is 0 Å². The molecule has 1 heterocycles. The van der Waals surface area contributed by atoms with E-state index in [1.54, 1.807) is 4.90 Å². The molecule has 1 aliphatic rings. The van der Waals surface area contributed by atoms with Gasteiger partial charge in [-0.25, -0.2) is 0 Å². The highest BCUT2D eigenvalue weighted by Crippen LogP contribution is 2.13. The summed E-state index contributed by atoms with van der Waals surface area (Å²) >= 11 is 0. The number of carbonyl (C=O) groups excluding carboxylic acids is 2. The van der Waals surface area contributed by atoms with Crippen molar-refractivity contribution in [3.63, 3.8) is 0 Å². The normalized spacial score (nSPS) is 17.6. The van der Waals surface area contributed by atoms with Gasteiger partial charge >= 0.3 is 0 Å². The Balaban J connectivity index is 1.90. The summed E-state index contributed by atoms with van der Waals surface area (Å²) in [5, 5.41) is 13.2. The van der Waals surface area contributed by atoms with Gasteiger partial charge in [-0.15, -0.1) is 0 Å². The monoisotopic (exact) mass is 321 g/mol. The first kappa shape index (κ1) is 16.9. The van der Waals surface area contributed by atoms with Crippen LogP contribution < -0.4 is 5.32 Å². The largest absolute Gasteiger partial charge is 0.375 e. The van der Waals surface area contributed by atoms with E-state index < -0.39 is 10.8 Å². The molecular formula is C15H19N3O5. The van der Waals surface area contributed by atoms with Gasteiger partial charge in [0.2, 0.25) is 5.91 Å². The number of amides is 2. The van der Waals surface area contributed by atoms with E-state index in [4.69, 9.17) is 4.74 Å². The number of non-ortho nitro benzene ring substituents is 1. The van der Waals surface area contributed by atoms with E-state index in [1.807, 2.05) is 6.92 Å². The number of nitro benzene ring substituents is 1. The van der Waals surface area contributed by atoms with Gasteiger partial charge in [-0.2, -0.15) is 0 Å². The molecule has 1 N–H and O–H groups in total. The van der Waals surface area contributed by atoms with Crippen LogP contribution in [0.4, 0.5) is 5.69 Å². The highest BCUT2D eigenvalue weighted by Gasteiger charge is 2.23. The topological polar surface area (TPSA) is 102 Å². The van der Waals surface area contributed by atoms with E-state index in [9.17, 15) is 19.7 Å². The lowest BCUT2D eigenvalue weighted by molar-refractivity contribution is -0.384. The third kappa shape index (κ3) is 4.49. The lowest BCUT2D eigenvalue weighted by Gasteiger charge is -2.32. The van der Waals surface area contributed by atoms with Crippen molar-refractivity contribution in [1.82, 2.24) is 10.2 Å². The number of carbonyl (C=O) groups is 2. The minimum absolute atomic E-state index is 0.0279. The van der Waals surface area contributed by atoms with Crippen molar-refractivity contribution in [2.75, 3.05) is 26.2 Å². The highest BCUT2D eigenvalue weighted by molar-refractivity contribution is 5.96. The van der Waals surface area contributed by atoms with E-state index in [0.717, 1.165) is 6.42 Å². The van der Waals surface area contributed by atoms with Crippen LogP contribution >= 0.6 is 0 Å². The van der Waals surface area contributed by atoms with Gasteiger partial charge in [0, 0.05) is 30.8 Å². The average molecular weight is 321 g/mol. The lowest BCUT2D eigenvalue weighted by Crippen LogP contribution is -2.48. The van der Waals surface area contributed by atoms with E-state index in [0.29, 0.717) is 19.7 Å². The number of hydrogen-bond donors (Lipinski definition) is 1. The van der Waals surface area contributed by atoms with Gasteiger partial charge in [-0.3, -0.25) is 19.7 Å². The summed E-state index contributed by atoms with van der Waals surface area (Å²) in [5.41, 5.74) is -0.0108. The van der Waals surface area contributed by atoms with Crippen molar-refractivity contribution >= 4 is 17.5 Å². The molecule has 1 saturated heterocycles. The van der Waals surface area contributed by atoms with E-state index in [1.165, 1.54) is 24.3 Å². The molecule has 8 heteroatoms. The second-order valence-corrected chi connectivity index (χ2v) is 5.23. The third-order valence-electron chi connectivity index (χ3n) is 3.67. The van der Waals surface area contributed by atoms with Crippen LogP contribution in [0.2, 0.25) is 0 Å². The number of nitrogens with zero attached hydrogens (tertiary/aromatic N) is 2. The first-order valence-corrected chi connectivity index (χ1v) is 7.43. The minimum Gasteiger partial charge on any atom is -0.375 e. The minimum atomic E-state index is -0.569. The van der Waals surface area contributed by atoms with Crippen LogP contribution in [0.5, 0.6) is 0 Å². The van der Waals surface area contributed by atoms with Crippen LogP contribution in [0.25, 0.3) is 0 Å². The summed E-state index contributed by atoms with van der Waals surface area (Å²) < 4.78 is 5.49. The summed E-state index contributed by atoms with van der Waals surface area (Å²) in [6, 6.07) is 5.39. The Bertz CT molecular complexity index is 605. The smallest absolute Gasteiger partial charge is 0.270 e. The number of nitrogens with one attached hydrogen (secondary N) is 1. The van der Waals surface area contributed by atoms with Gasteiger partial charge in [-0.1, -0.05) is 13.0 Å². The Morgan fingerprint density at radius 3 is 2.96 bits per heavy atom. The molecule has 1 aromatic rings. The zero-order valence-electron chi connectivity index (χ0n) is 12.9. The van der Waals surface area contributed by atoms with Crippen molar-refractivity contribution < 1.29 is 19.2 Å². The Hall–Kier alpha value is -2.48. The molecule has 0 aliphatic carbocycles. The Morgan fingerprint density at radius 1 is 1.48 bits per heavy atom. The molecule has 0 bridgehead atoms. The Kier molecular flexibility index (Phi) is 5.64. The molecule has 0 radical (unpaired) electrons. The highest BCUT2D eigenvalue weighted by atomic mass is 16.6. The van der Waals surface area contributed by atoms with Crippen LogP contribution in [0.3, 0.4) is 0 Å². The Morgan fingerprint density at radius 2 is 2.26 bits per heavy atom. The maximum absolute atomic E-state index is 12.1. The van der Waals surface area contributed by atoms with Crippen LogP contribution in [-0.2, 0) is 9.53 Å². The molecular weight excluding hydrogens is 302 g/mol. The number of ether oxygens (including phenoxy) is 1. The van der Waals surface area contributed by atoms with E-state index in [2.05, 4.69) is 5.32 Å². The third-order valence-corrected chi connectivity index (χ3v) is 3.67. The maximum Gasteiger partial charge on any atom is 0.270 e. The summed E-state index contributed by atoms with van der Waals surface area (Å²) in [6.45, 7) is 3.35. The van der Waals surface area contributed by atoms with Crippen molar-refractivity contribution in [1.29, 1.82) is 0 Å². The molecule has 8 nitrogen and oxygen atoms in total. The Labute approximate surface area is 133 Å². The van der Waals surface area contributed by atoms with Gasteiger partial charge in [0.1, 0.15) is 0 Å². The summed E-state index contributed by atoms with van der Waals surface area (Å²) in [4.78, 5) is 35.9. The number of benzene rings is 1. The van der Waals surface area contributed by atoms with Crippen LogP contribution in [0.1, 0.15) is 23.7 Å². The summed E-state index contributed by atoms with van der Waals surface area (Å²) in [7, 11) is 0. The van der Waals surface area contributed by atoms with Gasteiger partial charge in [0.05, 0.1) is 24.2 Å². The lowest BCUT2D eigenvalue weighted by atomic mass is 10.2. The van der Waals surface area contributed by atoms with Gasteiger partial charge in [-0.05, 0) is 12.5 Å². The van der Waals surface area contributed by atoms with Crippen molar-refractivity contribution in [3.8, 4) is 0 Å². The fourth-order valence-electron chi connectivity index (χ4n) is 2.32. The predicted octanol–water partition coefficient (Wildman–Crippen LogP) is 0.962. The summed E-state index contributed by atoms with van der Waals surface area (Å²) in [6.07, 6.45) is 0.851. The standard InChI is InChI=1S/C15H19N3O5/c1-2-13-10-17(6-7-23-13)14(19)9-16-15(20)11-4-3-5-12(8-11)18(21)22/h3-5,8,13H,2,6-7,9-10H2,1H3,(H,16,20). The van der Waals surface area contributed by atoms with Crippen LogP contribution in [-0.4, -0.2) is 54.0 Å². The molecule has 2 amide bonds. The SMILES string of the molecule is CCC1CN(C(=O)CNC(=O)c2cccc([N+](=O)[O-])c2)CCO1. The van der Waals surface area contributed by atoms with Gasteiger partial charge in [0.25, 0.3) is 11.6 Å². The molecule has 2 rings (SSSR count). The molecule has 23 heavy (non-hydrogen) atoms. The maximum atomic E-state index is 12.1. The zero-order valence-corrected chi connectivity index (χ0v) is 12.9. The zero-order chi connectivity index (χ0) is 16.8. The quantitative estimate of drug-likeness (QED) is 0.643. The summed E-state index contributed by atoms with van der Waals surface area (Å²) in [5.74, 6) is -0.701. The van der Waals surface area contributed by atoms with Crippen molar-refractivity contribution in [3.05, 3.63) is 39.9 Å². The molecule has 0 aromatic heterocycles. The fourth-order valence-corrected chi connectivity index (χ4v) is 2.32. The van der Waals surface area contributed by atoms with Gasteiger partial charge in [0.15, 0.2) is 0 Å². The van der Waals surface area contributed by atoms with Crippen LogP contribution in [0.15, 0.2) is 24.3 Å². The van der Waals surface area contributed by atoms with Crippen molar-refractivity contribution in [2.24, 2.45) is 0 Å². The molecule has 1 atom stereocenters. The molecule has 1 aliphatic heterocycles. The average Bonchev–Trinajstić information content (AvgIpc) is 2.59. The first-order valence-electron chi connectivity index (χ1n) is 7.43. The number of morpholine rings is 1. The molecule has 1 fully saturated rings. The number of nitro groups is 1. The van der Waals surface area contributed by atoms with Gasteiger partial charge < -0.3 is 15.0 Å². The predicted molar refractivity (Wildman–Crippen MR) is 82.0 cm³/mol. The molecule has 0 spiro atoms. The van der Waals surface area contributed by atoms with Crippen molar-refractivity contribution in [2.45, 2.75) is 19.4 Å². The van der Waals surface area contributed by atoms with Crippen LogP contribution in [0, 0.1) is 10.1 Å². The first-order chi connectivity index (χ1) is 11.0. The number of hydrogen-bond acceptors (Lipinski definition) is 5. The molecule has 1 aromatic carbocycles. The number of rotatable bonds is 5. The molecule has 124 valence electrons. The molecule has 0 saturated carbocycles. The second kappa shape index (κ2) is 7.68. The molecule has 1 unspecified atom stereocenters. The second-order valence-electron chi connectivity index (χ2n) is 5.23. The van der Waals surface area contributed by atoms with E-state index in [-0.39, 0.29) is 29.8 Å².